The van der Waals surface area contributed by atoms with E-state index in [-0.39, 0.29) is 6.61 Å². The first-order valence-electron chi connectivity index (χ1n) is 4.65. The molecule has 0 heterocycles. The zero-order valence-electron chi connectivity index (χ0n) is 8.85. The van der Waals surface area contributed by atoms with Crippen molar-refractivity contribution in [1.82, 2.24) is 5.32 Å². The van der Waals surface area contributed by atoms with Crippen LogP contribution in [0.15, 0.2) is 12.7 Å². The zero-order valence-corrected chi connectivity index (χ0v) is 9.66. The number of thioether (sulfide) groups is 1. The molecule has 0 radical (unpaired) electrons. The highest BCUT2D eigenvalue weighted by atomic mass is 32.2. The fourth-order valence-electron chi connectivity index (χ4n) is 0.692. The van der Waals surface area contributed by atoms with Crippen LogP contribution < -0.4 is 11.1 Å². The molecular weight excluding hydrogens is 232 g/mol. The predicted molar refractivity (Wildman–Crippen MR) is 62.5 cm³/mol. The molecule has 1 unspecified atom stereocenters. The summed E-state index contributed by atoms with van der Waals surface area (Å²) in [6, 6.07) is -0.863. The van der Waals surface area contributed by atoms with Crippen LogP contribution in [0, 0.1) is 0 Å². The maximum absolute atomic E-state index is 10.9. The molecule has 0 saturated heterocycles. The number of ether oxygens (including phenoxy) is 1. The highest BCUT2D eigenvalue weighted by Crippen LogP contribution is 2.00. The summed E-state index contributed by atoms with van der Waals surface area (Å²) in [5.41, 5.74) is 5.28. The summed E-state index contributed by atoms with van der Waals surface area (Å²) < 4.78 is 4.66. The lowest BCUT2D eigenvalue weighted by molar-refractivity contribution is -0.137. The van der Waals surface area contributed by atoms with Gasteiger partial charge < -0.3 is 20.9 Å². The molecule has 1 atom stereocenters. The minimum atomic E-state index is -1.02. The van der Waals surface area contributed by atoms with E-state index < -0.39 is 18.1 Å². The maximum atomic E-state index is 10.9. The number of nitrogens with one attached hydrogen (secondary N) is 1. The summed E-state index contributed by atoms with van der Waals surface area (Å²) in [5, 5.41) is 11.0. The lowest BCUT2D eigenvalue weighted by Gasteiger charge is -2.07. The number of alkyl carbamates (subject to hydrolysis) is 1. The van der Waals surface area contributed by atoms with Gasteiger partial charge in [-0.25, -0.2) is 4.79 Å². The van der Waals surface area contributed by atoms with Gasteiger partial charge in [0.05, 0.1) is 0 Å². The van der Waals surface area contributed by atoms with Crippen molar-refractivity contribution in [2.24, 2.45) is 5.73 Å². The third-order valence-corrected chi connectivity index (χ3v) is 2.55. The molecule has 0 saturated carbocycles. The maximum Gasteiger partial charge on any atom is 0.407 e. The molecule has 0 aromatic heterocycles. The van der Waals surface area contributed by atoms with E-state index in [1.165, 1.54) is 17.8 Å². The first-order chi connectivity index (χ1) is 7.57. The van der Waals surface area contributed by atoms with E-state index in [0.29, 0.717) is 18.1 Å². The molecule has 1 amide bonds. The van der Waals surface area contributed by atoms with E-state index in [1.807, 2.05) is 0 Å². The van der Waals surface area contributed by atoms with Crippen LogP contribution >= 0.6 is 11.8 Å². The smallest absolute Gasteiger partial charge is 0.407 e. The van der Waals surface area contributed by atoms with E-state index in [9.17, 15) is 9.59 Å². The van der Waals surface area contributed by atoms with Gasteiger partial charge in [-0.05, 0) is 0 Å². The Morgan fingerprint density at radius 2 is 2.31 bits per heavy atom. The Hall–Kier alpha value is -1.21. The van der Waals surface area contributed by atoms with Gasteiger partial charge in [-0.2, -0.15) is 11.8 Å². The van der Waals surface area contributed by atoms with E-state index in [2.05, 4.69) is 16.6 Å². The van der Waals surface area contributed by atoms with Crippen LogP contribution in [0.1, 0.15) is 0 Å². The van der Waals surface area contributed by atoms with Gasteiger partial charge in [0, 0.05) is 18.1 Å². The number of carbonyl (C=O) groups excluding carboxylic acids is 1. The Labute approximate surface area is 98.2 Å². The largest absolute Gasteiger partial charge is 0.480 e. The molecule has 16 heavy (non-hydrogen) atoms. The summed E-state index contributed by atoms with van der Waals surface area (Å²) >= 11 is 1.36. The van der Waals surface area contributed by atoms with Crippen molar-refractivity contribution in [1.29, 1.82) is 0 Å². The summed E-state index contributed by atoms with van der Waals surface area (Å²) in [6.45, 7) is 3.98. The fourth-order valence-corrected chi connectivity index (χ4v) is 1.50. The second-order valence-electron chi connectivity index (χ2n) is 2.83. The standard InChI is InChI=1S/C9H16N2O4S/c1-2-4-15-9(14)11-3-5-16-6-7(10)8(12)13/h2,7H,1,3-6,10H2,(H,11,14)(H,12,13). The van der Waals surface area contributed by atoms with Gasteiger partial charge in [-0.15, -0.1) is 0 Å². The lowest BCUT2D eigenvalue weighted by Crippen LogP contribution is -2.33. The summed E-state index contributed by atoms with van der Waals surface area (Å²) in [7, 11) is 0. The summed E-state index contributed by atoms with van der Waals surface area (Å²) in [4.78, 5) is 21.3. The third-order valence-electron chi connectivity index (χ3n) is 1.46. The molecule has 0 aromatic rings. The second kappa shape index (κ2) is 9.05. The zero-order chi connectivity index (χ0) is 12.4. The van der Waals surface area contributed by atoms with Crippen molar-refractivity contribution >= 4 is 23.8 Å². The van der Waals surface area contributed by atoms with E-state index in [0.717, 1.165) is 0 Å². The number of nitrogens with two attached hydrogens (primary N) is 1. The van der Waals surface area contributed by atoms with Crippen LogP contribution in [0.3, 0.4) is 0 Å². The van der Waals surface area contributed by atoms with Crippen LogP contribution in [-0.4, -0.2) is 47.9 Å². The Morgan fingerprint density at radius 3 is 2.88 bits per heavy atom. The van der Waals surface area contributed by atoms with Crippen LogP contribution in [-0.2, 0) is 9.53 Å². The molecule has 0 aliphatic heterocycles. The van der Waals surface area contributed by atoms with Crippen molar-refractivity contribution in [2.45, 2.75) is 6.04 Å². The molecule has 4 N–H and O–H groups in total. The second-order valence-corrected chi connectivity index (χ2v) is 3.98. The van der Waals surface area contributed by atoms with Gasteiger partial charge in [0.15, 0.2) is 0 Å². The van der Waals surface area contributed by atoms with Crippen molar-refractivity contribution in [3.63, 3.8) is 0 Å². The third kappa shape index (κ3) is 8.13. The average molecular weight is 248 g/mol. The van der Waals surface area contributed by atoms with Crippen molar-refractivity contribution in [2.75, 3.05) is 24.7 Å². The molecule has 0 aliphatic rings. The molecule has 92 valence electrons. The lowest BCUT2D eigenvalue weighted by atomic mass is 10.4. The van der Waals surface area contributed by atoms with Crippen molar-refractivity contribution in [3.8, 4) is 0 Å². The van der Waals surface area contributed by atoms with Gasteiger partial charge >= 0.3 is 12.1 Å². The molecule has 0 bridgehead atoms. The molecule has 0 rings (SSSR count). The average Bonchev–Trinajstić information content (AvgIpc) is 2.25. The van der Waals surface area contributed by atoms with E-state index in [1.54, 1.807) is 0 Å². The highest BCUT2D eigenvalue weighted by Gasteiger charge is 2.10. The predicted octanol–water partition coefficient (Wildman–Crippen LogP) is 0.0437. The first-order valence-corrected chi connectivity index (χ1v) is 5.81. The molecule has 0 aromatic carbocycles. The van der Waals surface area contributed by atoms with Gasteiger partial charge in [0.2, 0.25) is 0 Å². The monoisotopic (exact) mass is 248 g/mol. The van der Waals surface area contributed by atoms with E-state index >= 15 is 0 Å². The Morgan fingerprint density at radius 1 is 1.62 bits per heavy atom. The van der Waals surface area contributed by atoms with Gasteiger partial charge in [-0.1, -0.05) is 12.7 Å². The quantitative estimate of drug-likeness (QED) is 0.414. The van der Waals surface area contributed by atoms with Crippen molar-refractivity contribution in [3.05, 3.63) is 12.7 Å². The molecule has 0 spiro atoms. The van der Waals surface area contributed by atoms with Gasteiger partial charge in [-0.3, -0.25) is 4.79 Å². The molecular formula is C9H16N2O4S. The number of hydrogen-bond acceptors (Lipinski definition) is 5. The molecule has 0 aliphatic carbocycles. The highest BCUT2D eigenvalue weighted by molar-refractivity contribution is 7.99. The normalized spacial score (nSPS) is 11.6. The Bertz CT molecular complexity index is 248. The minimum absolute atomic E-state index is 0.170. The number of amides is 1. The summed E-state index contributed by atoms with van der Waals surface area (Å²) in [6.07, 6.45) is 0.961. The van der Waals surface area contributed by atoms with Crippen LogP contribution in [0.4, 0.5) is 4.79 Å². The molecule has 0 fully saturated rings. The molecule has 6 nitrogen and oxygen atoms in total. The number of aliphatic carboxylic acids is 1. The number of carboxylic acid groups (broad SMARTS) is 1. The number of carboxylic acids is 1. The topological polar surface area (TPSA) is 102 Å². The van der Waals surface area contributed by atoms with Crippen molar-refractivity contribution < 1.29 is 19.4 Å². The van der Waals surface area contributed by atoms with Crippen LogP contribution in [0.5, 0.6) is 0 Å². The van der Waals surface area contributed by atoms with E-state index in [4.69, 9.17) is 10.8 Å². The van der Waals surface area contributed by atoms with Gasteiger partial charge in [0.1, 0.15) is 12.6 Å². The molecule has 7 heteroatoms. The number of carbonyl (C=O) groups is 2. The minimum Gasteiger partial charge on any atom is -0.480 e. The fraction of sp³-hybridized carbons (Fsp3) is 0.556. The SMILES string of the molecule is C=CCOC(=O)NCCSCC(N)C(=O)O. The van der Waals surface area contributed by atoms with Crippen LogP contribution in [0.25, 0.3) is 0 Å². The van der Waals surface area contributed by atoms with Gasteiger partial charge in [0.25, 0.3) is 0 Å². The Balaban J connectivity index is 3.36. The number of hydrogen-bond donors (Lipinski definition) is 3. The first kappa shape index (κ1) is 14.8. The Kier molecular flexibility index (Phi) is 8.36. The van der Waals surface area contributed by atoms with Crippen LogP contribution in [0.2, 0.25) is 0 Å². The summed E-state index contributed by atoms with van der Waals surface area (Å²) in [5.74, 6) is -0.117. The number of rotatable bonds is 8.